The summed E-state index contributed by atoms with van der Waals surface area (Å²) in [5.41, 5.74) is 0. The van der Waals surface area contributed by atoms with Gasteiger partial charge in [-0.25, -0.2) is 0 Å². The molecule has 0 saturated carbocycles. The van der Waals surface area contributed by atoms with Gasteiger partial charge in [-0.15, -0.1) is 0 Å². The lowest BCUT2D eigenvalue weighted by atomic mass is 10.5. The zero-order chi connectivity index (χ0) is 15.4. The molecule has 0 aromatic heterocycles. The molecule has 0 heterocycles. The SMILES string of the molecule is CCCOC.COCC(C)O.COCCOCCO. The molecule has 19 heavy (non-hydrogen) atoms. The van der Waals surface area contributed by atoms with Crippen molar-refractivity contribution in [2.75, 3.05) is 61.0 Å². The van der Waals surface area contributed by atoms with Gasteiger partial charge in [0.25, 0.3) is 0 Å². The summed E-state index contributed by atoms with van der Waals surface area (Å²) in [7, 11) is 4.89. The summed E-state index contributed by atoms with van der Waals surface area (Å²) in [5, 5.41) is 16.6. The van der Waals surface area contributed by atoms with Gasteiger partial charge in [0.15, 0.2) is 0 Å². The maximum absolute atomic E-state index is 8.43. The topological polar surface area (TPSA) is 77.4 Å². The highest BCUT2D eigenvalue weighted by Crippen LogP contribution is 1.75. The van der Waals surface area contributed by atoms with Gasteiger partial charge >= 0.3 is 0 Å². The second-order valence-corrected chi connectivity index (χ2v) is 3.63. The standard InChI is InChI=1S/C5H12O3.C4H10O2.C4H10O/c1-7-4-5-8-3-2-6;1-4(5)3-6-2;1-3-4-5-2/h6H,2-5H2,1H3;4-5H,3H2,1-2H3;3-4H2,1-2H3. The molecular formula is C13H32O6. The lowest BCUT2D eigenvalue weighted by Crippen LogP contribution is -2.07. The van der Waals surface area contributed by atoms with Gasteiger partial charge in [0, 0.05) is 27.9 Å². The first-order chi connectivity index (χ1) is 9.10. The molecule has 0 spiro atoms. The van der Waals surface area contributed by atoms with Crippen LogP contribution >= 0.6 is 0 Å². The summed E-state index contributed by atoms with van der Waals surface area (Å²) < 4.78 is 18.8. The van der Waals surface area contributed by atoms with Gasteiger partial charge in [-0.05, 0) is 13.3 Å². The first kappa shape index (κ1) is 23.8. The van der Waals surface area contributed by atoms with Crippen molar-refractivity contribution in [2.24, 2.45) is 0 Å². The fraction of sp³-hybridized carbons (Fsp3) is 1.00. The molecule has 0 aliphatic carbocycles. The van der Waals surface area contributed by atoms with Gasteiger partial charge < -0.3 is 29.2 Å². The Kier molecular flexibility index (Phi) is 33.0. The Hall–Kier alpha value is -0.240. The number of rotatable bonds is 9. The number of ether oxygens (including phenoxy) is 4. The third-order valence-corrected chi connectivity index (χ3v) is 1.48. The van der Waals surface area contributed by atoms with Crippen LogP contribution in [-0.2, 0) is 18.9 Å². The van der Waals surface area contributed by atoms with Crippen LogP contribution in [0.2, 0.25) is 0 Å². The summed E-state index contributed by atoms with van der Waals surface area (Å²) in [5.74, 6) is 0. The fourth-order valence-corrected chi connectivity index (χ4v) is 0.754. The van der Waals surface area contributed by atoms with Crippen LogP contribution in [0, 0.1) is 0 Å². The molecular weight excluding hydrogens is 252 g/mol. The van der Waals surface area contributed by atoms with E-state index in [2.05, 4.69) is 16.4 Å². The Balaban J connectivity index is -0.000000209. The van der Waals surface area contributed by atoms with E-state index in [0.29, 0.717) is 26.4 Å². The summed E-state index contributed by atoms with van der Waals surface area (Å²) in [6.07, 6.45) is 0.797. The molecule has 0 bridgehead atoms. The summed E-state index contributed by atoms with van der Waals surface area (Å²) in [6.45, 7) is 6.75. The second-order valence-electron chi connectivity index (χ2n) is 3.63. The van der Waals surface area contributed by atoms with E-state index in [-0.39, 0.29) is 12.7 Å². The molecule has 2 N–H and O–H groups in total. The fourth-order valence-electron chi connectivity index (χ4n) is 0.754. The molecule has 0 aromatic rings. The molecule has 6 nitrogen and oxygen atoms in total. The van der Waals surface area contributed by atoms with E-state index in [1.807, 2.05) is 0 Å². The van der Waals surface area contributed by atoms with E-state index in [1.165, 1.54) is 0 Å². The van der Waals surface area contributed by atoms with E-state index in [1.54, 1.807) is 28.3 Å². The zero-order valence-electron chi connectivity index (χ0n) is 13.1. The van der Waals surface area contributed by atoms with Crippen LogP contribution in [0.5, 0.6) is 0 Å². The molecule has 0 saturated heterocycles. The molecule has 0 aliphatic heterocycles. The van der Waals surface area contributed by atoms with Gasteiger partial charge in [-0.1, -0.05) is 6.92 Å². The van der Waals surface area contributed by atoms with Crippen LogP contribution < -0.4 is 0 Å². The predicted molar refractivity (Wildman–Crippen MR) is 75.5 cm³/mol. The van der Waals surface area contributed by atoms with E-state index in [4.69, 9.17) is 19.7 Å². The minimum Gasteiger partial charge on any atom is -0.394 e. The van der Waals surface area contributed by atoms with Gasteiger partial charge in [0.1, 0.15) is 0 Å². The number of aliphatic hydroxyl groups excluding tert-OH is 2. The van der Waals surface area contributed by atoms with Crippen molar-refractivity contribution in [2.45, 2.75) is 26.4 Å². The van der Waals surface area contributed by atoms with Crippen LogP contribution in [-0.4, -0.2) is 77.3 Å². The summed E-state index contributed by atoms with van der Waals surface area (Å²) in [4.78, 5) is 0. The van der Waals surface area contributed by atoms with Crippen molar-refractivity contribution in [1.82, 2.24) is 0 Å². The Morgan fingerprint density at radius 3 is 1.68 bits per heavy atom. The first-order valence-electron chi connectivity index (χ1n) is 6.44. The number of hydrogen-bond donors (Lipinski definition) is 2. The maximum atomic E-state index is 8.43. The number of hydrogen-bond acceptors (Lipinski definition) is 6. The monoisotopic (exact) mass is 284 g/mol. The number of methoxy groups -OCH3 is 3. The molecule has 0 amide bonds. The van der Waals surface area contributed by atoms with Crippen LogP contribution in [0.1, 0.15) is 20.3 Å². The Morgan fingerprint density at radius 1 is 0.895 bits per heavy atom. The van der Waals surface area contributed by atoms with Crippen LogP contribution in [0.15, 0.2) is 0 Å². The molecule has 0 aliphatic rings. The molecule has 1 unspecified atom stereocenters. The average molecular weight is 284 g/mol. The van der Waals surface area contributed by atoms with Gasteiger partial charge in [0.05, 0.1) is 39.1 Å². The second kappa shape index (κ2) is 26.3. The molecule has 0 radical (unpaired) electrons. The first-order valence-corrected chi connectivity index (χ1v) is 6.44. The average Bonchev–Trinajstić information content (AvgIpc) is 2.37. The smallest absolute Gasteiger partial charge is 0.0745 e. The highest BCUT2D eigenvalue weighted by Gasteiger charge is 1.87. The van der Waals surface area contributed by atoms with E-state index in [9.17, 15) is 0 Å². The molecule has 0 rings (SSSR count). The maximum Gasteiger partial charge on any atom is 0.0745 e. The van der Waals surface area contributed by atoms with Crippen molar-refractivity contribution in [1.29, 1.82) is 0 Å². The molecule has 0 fully saturated rings. The highest BCUT2D eigenvalue weighted by molar-refractivity contribution is 4.36. The lowest BCUT2D eigenvalue weighted by Gasteiger charge is -1.98. The van der Waals surface area contributed by atoms with Gasteiger partial charge in [0.2, 0.25) is 0 Å². The highest BCUT2D eigenvalue weighted by atomic mass is 16.5. The Morgan fingerprint density at radius 2 is 1.47 bits per heavy atom. The van der Waals surface area contributed by atoms with Crippen LogP contribution in [0.25, 0.3) is 0 Å². The molecule has 6 heteroatoms. The largest absolute Gasteiger partial charge is 0.394 e. The lowest BCUT2D eigenvalue weighted by molar-refractivity contribution is 0.0500. The molecule has 120 valence electrons. The van der Waals surface area contributed by atoms with Crippen LogP contribution in [0.4, 0.5) is 0 Å². The van der Waals surface area contributed by atoms with E-state index >= 15 is 0 Å². The normalized spacial score (nSPS) is 10.9. The van der Waals surface area contributed by atoms with Crippen molar-refractivity contribution in [3.8, 4) is 0 Å². The van der Waals surface area contributed by atoms with Gasteiger partial charge in [-0.2, -0.15) is 0 Å². The van der Waals surface area contributed by atoms with Crippen molar-refractivity contribution >= 4 is 0 Å². The minimum atomic E-state index is -0.324. The predicted octanol–water partition coefficient (Wildman–Crippen LogP) is 0.698. The zero-order valence-corrected chi connectivity index (χ0v) is 13.1. The third-order valence-electron chi connectivity index (χ3n) is 1.48. The summed E-state index contributed by atoms with van der Waals surface area (Å²) >= 11 is 0. The third kappa shape index (κ3) is 46.3. The summed E-state index contributed by atoms with van der Waals surface area (Å²) in [6, 6.07) is 0. The quantitative estimate of drug-likeness (QED) is 0.607. The van der Waals surface area contributed by atoms with E-state index in [0.717, 1.165) is 13.0 Å². The minimum absolute atomic E-state index is 0.0870. The van der Waals surface area contributed by atoms with Crippen molar-refractivity contribution < 1.29 is 29.2 Å². The molecule has 0 aromatic carbocycles. The number of aliphatic hydroxyl groups is 2. The van der Waals surface area contributed by atoms with Crippen LogP contribution in [0.3, 0.4) is 0 Å². The molecule has 1 atom stereocenters. The Labute approximate surface area is 117 Å². The van der Waals surface area contributed by atoms with E-state index < -0.39 is 0 Å². The van der Waals surface area contributed by atoms with Gasteiger partial charge in [-0.3, -0.25) is 0 Å². The van der Waals surface area contributed by atoms with Crippen molar-refractivity contribution in [3.63, 3.8) is 0 Å². The van der Waals surface area contributed by atoms with Crippen molar-refractivity contribution in [3.05, 3.63) is 0 Å². The Bertz CT molecular complexity index is 114.